The number of carbonyl (C=O) groups is 1. The predicted octanol–water partition coefficient (Wildman–Crippen LogP) is 3.03. The summed E-state index contributed by atoms with van der Waals surface area (Å²) in [6.07, 6.45) is -4.77. The van der Waals surface area contributed by atoms with E-state index in [4.69, 9.17) is 5.11 Å². The second-order valence-electron chi connectivity index (χ2n) is 3.73. The van der Waals surface area contributed by atoms with Crippen molar-refractivity contribution in [1.29, 1.82) is 0 Å². The molecule has 0 aliphatic heterocycles. The van der Waals surface area contributed by atoms with Crippen LogP contribution in [0.2, 0.25) is 0 Å². The van der Waals surface area contributed by atoms with Crippen LogP contribution in [0.1, 0.15) is 22.6 Å². The van der Waals surface area contributed by atoms with Crippen LogP contribution in [0, 0.1) is 13.8 Å². The summed E-state index contributed by atoms with van der Waals surface area (Å²) in [4.78, 5) is 10.6. The van der Waals surface area contributed by atoms with Crippen LogP contribution in [0.5, 0.6) is 0 Å². The van der Waals surface area contributed by atoms with Crippen molar-refractivity contribution >= 4 is 5.97 Å². The molecule has 0 radical (unpaired) electrons. The van der Waals surface area contributed by atoms with Crippen LogP contribution in [-0.4, -0.2) is 17.3 Å². The standard InChI is InChI=1S/C11H11F3O2/c1-6-3-7(2)5-8(4-6)9(10(15)16)11(12,13)14/h3-5,9H,1-2H3,(H,15,16). The third-order valence-electron chi connectivity index (χ3n) is 2.15. The van der Waals surface area contributed by atoms with Crippen molar-refractivity contribution in [1.82, 2.24) is 0 Å². The average molecular weight is 232 g/mol. The number of carboxylic acids is 1. The zero-order chi connectivity index (χ0) is 12.5. The molecule has 0 amide bonds. The van der Waals surface area contributed by atoms with Gasteiger partial charge in [-0.25, -0.2) is 0 Å². The molecular formula is C11H11F3O2. The maximum absolute atomic E-state index is 12.5. The van der Waals surface area contributed by atoms with Crippen LogP contribution >= 0.6 is 0 Å². The highest BCUT2D eigenvalue weighted by atomic mass is 19.4. The number of hydrogen-bond donors (Lipinski definition) is 1. The molecular weight excluding hydrogens is 221 g/mol. The Bertz CT molecular complexity index is 390. The first-order valence-electron chi connectivity index (χ1n) is 4.59. The summed E-state index contributed by atoms with van der Waals surface area (Å²) in [5.41, 5.74) is 1.01. The molecule has 88 valence electrons. The van der Waals surface area contributed by atoms with Crippen LogP contribution in [0.4, 0.5) is 13.2 Å². The lowest BCUT2D eigenvalue weighted by Gasteiger charge is -2.17. The van der Waals surface area contributed by atoms with Crippen LogP contribution < -0.4 is 0 Å². The van der Waals surface area contributed by atoms with Gasteiger partial charge in [-0.3, -0.25) is 4.79 Å². The number of aliphatic carboxylic acids is 1. The summed E-state index contributed by atoms with van der Waals surface area (Å²) in [5, 5.41) is 8.62. The average Bonchev–Trinajstić information content (AvgIpc) is 1.96. The SMILES string of the molecule is Cc1cc(C)cc(C(C(=O)O)C(F)(F)F)c1. The number of aryl methyl sites for hydroxylation is 2. The summed E-state index contributed by atoms with van der Waals surface area (Å²) in [7, 11) is 0. The molecule has 5 heteroatoms. The second kappa shape index (κ2) is 4.15. The normalized spacial score (nSPS) is 13.6. The van der Waals surface area contributed by atoms with Crippen LogP contribution in [0.15, 0.2) is 18.2 Å². The summed E-state index contributed by atoms with van der Waals surface area (Å²) < 4.78 is 37.6. The zero-order valence-electron chi connectivity index (χ0n) is 8.80. The van der Waals surface area contributed by atoms with E-state index < -0.39 is 18.1 Å². The van der Waals surface area contributed by atoms with Crippen molar-refractivity contribution in [3.63, 3.8) is 0 Å². The number of alkyl halides is 3. The van der Waals surface area contributed by atoms with E-state index in [9.17, 15) is 18.0 Å². The summed E-state index contributed by atoms with van der Waals surface area (Å²) in [6.45, 7) is 3.26. The molecule has 0 aromatic heterocycles. The monoisotopic (exact) mass is 232 g/mol. The molecule has 1 aromatic rings. The van der Waals surface area contributed by atoms with Crippen molar-refractivity contribution in [2.75, 3.05) is 0 Å². The third-order valence-corrected chi connectivity index (χ3v) is 2.15. The number of rotatable bonds is 2. The maximum atomic E-state index is 12.5. The highest BCUT2D eigenvalue weighted by Crippen LogP contribution is 2.35. The predicted molar refractivity (Wildman–Crippen MR) is 52.3 cm³/mol. The fraction of sp³-hybridized carbons (Fsp3) is 0.364. The van der Waals surface area contributed by atoms with Gasteiger partial charge < -0.3 is 5.11 Å². The van der Waals surface area contributed by atoms with Crippen LogP contribution in [0.3, 0.4) is 0 Å². The largest absolute Gasteiger partial charge is 0.481 e. The molecule has 2 nitrogen and oxygen atoms in total. The second-order valence-corrected chi connectivity index (χ2v) is 3.73. The van der Waals surface area contributed by atoms with E-state index in [0.717, 1.165) is 0 Å². The number of halogens is 3. The van der Waals surface area contributed by atoms with Gasteiger partial charge >= 0.3 is 12.1 Å². The molecule has 1 aromatic carbocycles. The molecule has 1 unspecified atom stereocenters. The molecule has 1 atom stereocenters. The van der Waals surface area contributed by atoms with E-state index in [2.05, 4.69) is 0 Å². The first-order chi connectivity index (χ1) is 7.21. The van der Waals surface area contributed by atoms with Gasteiger partial charge in [0, 0.05) is 0 Å². The molecule has 16 heavy (non-hydrogen) atoms. The highest BCUT2D eigenvalue weighted by Gasteiger charge is 2.46. The number of hydrogen-bond acceptors (Lipinski definition) is 1. The van der Waals surface area contributed by atoms with Gasteiger partial charge in [0.15, 0.2) is 5.92 Å². The van der Waals surface area contributed by atoms with Gasteiger partial charge in [-0.05, 0) is 19.4 Å². The molecule has 1 N–H and O–H groups in total. The van der Waals surface area contributed by atoms with Gasteiger partial charge in [0.25, 0.3) is 0 Å². The molecule has 0 heterocycles. The molecule has 0 saturated carbocycles. The Morgan fingerprint density at radius 3 is 1.94 bits per heavy atom. The van der Waals surface area contributed by atoms with E-state index in [1.165, 1.54) is 12.1 Å². The molecule has 0 bridgehead atoms. The minimum atomic E-state index is -4.77. The topological polar surface area (TPSA) is 37.3 Å². The smallest absolute Gasteiger partial charge is 0.406 e. The maximum Gasteiger partial charge on any atom is 0.406 e. The molecule has 0 aliphatic carbocycles. The van der Waals surface area contributed by atoms with E-state index >= 15 is 0 Å². The Morgan fingerprint density at radius 2 is 1.62 bits per heavy atom. The fourth-order valence-corrected chi connectivity index (χ4v) is 1.65. The Morgan fingerprint density at radius 1 is 1.19 bits per heavy atom. The van der Waals surface area contributed by atoms with Gasteiger partial charge in [0.2, 0.25) is 0 Å². The van der Waals surface area contributed by atoms with Crippen molar-refractivity contribution in [2.24, 2.45) is 0 Å². The molecule has 1 rings (SSSR count). The Kier molecular flexibility index (Phi) is 3.26. The lowest BCUT2D eigenvalue weighted by Crippen LogP contribution is -2.28. The third kappa shape index (κ3) is 2.74. The van der Waals surface area contributed by atoms with Gasteiger partial charge in [-0.15, -0.1) is 0 Å². The molecule has 0 spiro atoms. The number of carboxylic acid groups (broad SMARTS) is 1. The van der Waals surface area contributed by atoms with E-state index in [-0.39, 0.29) is 5.56 Å². The zero-order valence-corrected chi connectivity index (χ0v) is 8.80. The van der Waals surface area contributed by atoms with E-state index in [1.807, 2.05) is 0 Å². The Balaban J connectivity index is 3.27. The van der Waals surface area contributed by atoms with Gasteiger partial charge in [0.05, 0.1) is 0 Å². The molecule has 0 fully saturated rings. The summed E-state index contributed by atoms with van der Waals surface area (Å²) >= 11 is 0. The van der Waals surface area contributed by atoms with Crippen LogP contribution in [-0.2, 0) is 4.79 Å². The first kappa shape index (κ1) is 12.5. The fourth-order valence-electron chi connectivity index (χ4n) is 1.65. The molecule has 0 saturated heterocycles. The summed E-state index contributed by atoms with van der Waals surface area (Å²) in [5.74, 6) is -4.33. The Labute approximate surface area is 90.7 Å². The van der Waals surface area contributed by atoms with Gasteiger partial charge in [-0.2, -0.15) is 13.2 Å². The quantitative estimate of drug-likeness (QED) is 0.850. The Hall–Kier alpha value is -1.52. The van der Waals surface area contributed by atoms with Gasteiger partial charge in [0.1, 0.15) is 0 Å². The summed E-state index contributed by atoms with van der Waals surface area (Å²) in [6, 6.07) is 4.19. The minimum Gasteiger partial charge on any atom is -0.481 e. The van der Waals surface area contributed by atoms with Crippen molar-refractivity contribution in [2.45, 2.75) is 25.9 Å². The van der Waals surface area contributed by atoms with Crippen molar-refractivity contribution in [3.05, 3.63) is 34.9 Å². The molecule has 0 aliphatic rings. The number of benzene rings is 1. The van der Waals surface area contributed by atoms with Crippen molar-refractivity contribution < 1.29 is 23.1 Å². The minimum absolute atomic E-state index is 0.225. The van der Waals surface area contributed by atoms with E-state index in [1.54, 1.807) is 19.9 Å². The van der Waals surface area contributed by atoms with E-state index in [0.29, 0.717) is 11.1 Å². The van der Waals surface area contributed by atoms with Crippen molar-refractivity contribution in [3.8, 4) is 0 Å². The lowest BCUT2D eigenvalue weighted by molar-refractivity contribution is -0.176. The lowest BCUT2D eigenvalue weighted by atomic mass is 9.95. The highest BCUT2D eigenvalue weighted by molar-refractivity contribution is 5.77. The van der Waals surface area contributed by atoms with Crippen LogP contribution in [0.25, 0.3) is 0 Å². The first-order valence-corrected chi connectivity index (χ1v) is 4.59. The van der Waals surface area contributed by atoms with Gasteiger partial charge in [-0.1, -0.05) is 29.3 Å².